The number of carbonyl (C=O) groups is 5. The van der Waals surface area contributed by atoms with E-state index in [1.165, 1.54) is 4.90 Å². The van der Waals surface area contributed by atoms with Crippen molar-refractivity contribution in [3.05, 3.63) is 0 Å². The molecule has 10 nitrogen and oxygen atoms in total. The molecule has 194 valence electrons. The van der Waals surface area contributed by atoms with E-state index in [1.807, 2.05) is 19.2 Å². The Balaban J connectivity index is 1.51. The third-order valence-corrected chi connectivity index (χ3v) is 8.01. The highest BCUT2D eigenvalue weighted by atomic mass is 19.4. The number of amides is 5. The second-order valence-electron chi connectivity index (χ2n) is 10.7. The number of primary amides is 1. The van der Waals surface area contributed by atoms with Crippen molar-refractivity contribution in [1.29, 1.82) is 0 Å². The summed E-state index contributed by atoms with van der Waals surface area (Å²) >= 11 is 0. The van der Waals surface area contributed by atoms with E-state index < -0.39 is 59.8 Å². The first-order valence-electron chi connectivity index (χ1n) is 11.8. The number of rotatable bonds is 8. The molecule has 2 aliphatic heterocycles. The Labute approximate surface area is 199 Å². The molecule has 5 amide bonds. The van der Waals surface area contributed by atoms with Gasteiger partial charge in [-0.25, -0.2) is 0 Å². The summed E-state index contributed by atoms with van der Waals surface area (Å²) in [6.45, 7) is 4.48. The topological polar surface area (TPSA) is 151 Å². The van der Waals surface area contributed by atoms with Gasteiger partial charge >= 0.3 is 12.1 Å². The number of fused-ring (bicyclic) bond motifs is 1. The molecule has 4 aliphatic rings. The molecular weight excluding hydrogens is 471 g/mol. The molecule has 0 aromatic carbocycles. The normalized spacial score (nSPS) is 30.7. The number of hydrogen-bond donors (Lipinski definition) is 4. The van der Waals surface area contributed by atoms with Crippen molar-refractivity contribution >= 4 is 29.5 Å². The van der Waals surface area contributed by atoms with Crippen LogP contribution in [-0.2, 0) is 24.0 Å². The van der Waals surface area contributed by atoms with Gasteiger partial charge in [0.2, 0.25) is 23.6 Å². The molecule has 5 N–H and O–H groups in total. The number of hydrogen-bond acceptors (Lipinski definition) is 5. The number of alkyl halides is 3. The maximum Gasteiger partial charge on any atom is 0.471 e. The maximum atomic E-state index is 13.4. The maximum absolute atomic E-state index is 13.4. The van der Waals surface area contributed by atoms with Crippen LogP contribution in [-0.4, -0.2) is 71.8 Å². The fraction of sp³-hybridized carbons (Fsp3) is 0.773. The van der Waals surface area contributed by atoms with Gasteiger partial charge in [-0.1, -0.05) is 13.8 Å². The molecule has 0 spiro atoms. The number of carbonyl (C=O) groups excluding carboxylic acids is 5. The minimum Gasteiger partial charge on any atom is -0.368 e. The average Bonchev–Trinajstić information content (AvgIpc) is 3.55. The lowest BCUT2D eigenvalue weighted by molar-refractivity contribution is -0.175. The monoisotopic (exact) mass is 501 g/mol. The largest absolute Gasteiger partial charge is 0.471 e. The van der Waals surface area contributed by atoms with Crippen molar-refractivity contribution in [1.82, 2.24) is 20.9 Å². The summed E-state index contributed by atoms with van der Waals surface area (Å²) in [5, 5.41) is 7.04. The van der Waals surface area contributed by atoms with Gasteiger partial charge in [0.05, 0.1) is 0 Å². The summed E-state index contributed by atoms with van der Waals surface area (Å²) in [7, 11) is 0. The lowest BCUT2D eigenvalue weighted by Crippen LogP contribution is -2.59. The van der Waals surface area contributed by atoms with Crippen LogP contribution in [0, 0.1) is 29.1 Å². The van der Waals surface area contributed by atoms with Gasteiger partial charge < -0.3 is 26.6 Å². The Morgan fingerprint density at radius 2 is 1.83 bits per heavy atom. The second kappa shape index (κ2) is 8.66. The number of nitrogens with zero attached hydrogens (tertiary/aromatic N) is 1. The fourth-order valence-electron chi connectivity index (χ4n) is 5.68. The summed E-state index contributed by atoms with van der Waals surface area (Å²) in [6.07, 6.45) is -3.65. The van der Waals surface area contributed by atoms with Gasteiger partial charge in [0.1, 0.15) is 18.1 Å². The fourth-order valence-corrected chi connectivity index (χ4v) is 5.68. The number of likely N-dealkylation sites (tertiary alicyclic amines) is 1. The van der Waals surface area contributed by atoms with Crippen LogP contribution >= 0.6 is 0 Å². The molecule has 2 aliphatic carbocycles. The molecule has 13 heteroatoms. The minimum atomic E-state index is -5.14. The first-order valence-corrected chi connectivity index (χ1v) is 11.8. The van der Waals surface area contributed by atoms with Gasteiger partial charge in [0, 0.05) is 19.0 Å². The Bertz CT molecular complexity index is 950. The van der Waals surface area contributed by atoms with Crippen molar-refractivity contribution in [2.75, 3.05) is 13.1 Å². The van der Waals surface area contributed by atoms with Gasteiger partial charge in [-0.05, 0) is 48.9 Å². The second-order valence-corrected chi connectivity index (χ2v) is 10.7. The number of halogens is 3. The predicted octanol–water partition coefficient (Wildman–Crippen LogP) is -0.577. The zero-order valence-electron chi connectivity index (χ0n) is 19.5. The van der Waals surface area contributed by atoms with Crippen molar-refractivity contribution < 1.29 is 37.1 Å². The third-order valence-electron chi connectivity index (χ3n) is 8.01. The summed E-state index contributed by atoms with van der Waals surface area (Å²) in [5.74, 6) is -5.86. The molecule has 0 aromatic heterocycles. The van der Waals surface area contributed by atoms with Crippen molar-refractivity contribution in [2.45, 2.75) is 63.8 Å². The van der Waals surface area contributed by atoms with Crippen molar-refractivity contribution in [3.63, 3.8) is 0 Å². The molecule has 2 saturated heterocycles. The van der Waals surface area contributed by atoms with Crippen molar-refractivity contribution in [3.8, 4) is 0 Å². The van der Waals surface area contributed by atoms with Crippen LogP contribution in [0.4, 0.5) is 13.2 Å². The highest BCUT2D eigenvalue weighted by Crippen LogP contribution is 2.65. The van der Waals surface area contributed by atoms with Crippen LogP contribution in [0.15, 0.2) is 0 Å². The SMILES string of the molecule is CC1(C)C2CN(C(=O)[C@@H](NC(=O)C(F)(F)F)C3CC3)[C@H](C(=O)N[C@@H](C[C@@H]3CCNC3=O)C(N)=O)[C@H]21. The highest BCUT2D eigenvalue weighted by molar-refractivity contribution is 5.96. The van der Waals surface area contributed by atoms with E-state index in [2.05, 4.69) is 10.6 Å². The zero-order chi connectivity index (χ0) is 25.9. The molecule has 0 radical (unpaired) electrons. The third kappa shape index (κ3) is 4.81. The lowest BCUT2D eigenvalue weighted by Gasteiger charge is -2.34. The van der Waals surface area contributed by atoms with E-state index in [0.29, 0.717) is 25.8 Å². The summed E-state index contributed by atoms with van der Waals surface area (Å²) < 4.78 is 38.6. The van der Waals surface area contributed by atoms with Gasteiger partial charge in [-0.3, -0.25) is 24.0 Å². The smallest absolute Gasteiger partial charge is 0.368 e. The Morgan fingerprint density at radius 3 is 2.34 bits per heavy atom. The minimum absolute atomic E-state index is 0.0113. The van der Waals surface area contributed by atoms with Gasteiger partial charge in [0.15, 0.2) is 0 Å². The van der Waals surface area contributed by atoms with E-state index >= 15 is 0 Å². The van der Waals surface area contributed by atoms with E-state index in [1.54, 1.807) is 0 Å². The molecule has 0 aromatic rings. The molecule has 6 atom stereocenters. The Morgan fingerprint density at radius 1 is 1.17 bits per heavy atom. The molecule has 1 unspecified atom stereocenters. The summed E-state index contributed by atoms with van der Waals surface area (Å²) in [4.78, 5) is 63.5. The van der Waals surface area contributed by atoms with Crippen LogP contribution < -0.4 is 21.7 Å². The van der Waals surface area contributed by atoms with E-state index in [-0.39, 0.29) is 36.1 Å². The van der Waals surface area contributed by atoms with E-state index in [0.717, 1.165) is 0 Å². The molecule has 4 fully saturated rings. The molecule has 2 saturated carbocycles. The lowest BCUT2D eigenvalue weighted by atomic mass is 9.96. The molecule has 2 heterocycles. The van der Waals surface area contributed by atoms with Gasteiger partial charge in [-0.2, -0.15) is 13.2 Å². The predicted molar refractivity (Wildman–Crippen MR) is 114 cm³/mol. The first kappa shape index (κ1) is 25.2. The molecule has 4 rings (SSSR count). The molecule has 35 heavy (non-hydrogen) atoms. The highest BCUT2D eigenvalue weighted by Gasteiger charge is 2.70. The molecular formula is C22H30F3N5O5. The first-order chi connectivity index (χ1) is 16.2. The number of nitrogens with one attached hydrogen (secondary N) is 3. The van der Waals surface area contributed by atoms with E-state index in [4.69, 9.17) is 5.73 Å². The van der Waals surface area contributed by atoms with E-state index in [9.17, 15) is 37.1 Å². The van der Waals surface area contributed by atoms with Crippen LogP contribution in [0.2, 0.25) is 0 Å². The number of piperidine rings is 1. The number of nitrogens with two attached hydrogens (primary N) is 1. The van der Waals surface area contributed by atoms with Crippen LogP contribution in [0.1, 0.15) is 39.5 Å². The van der Waals surface area contributed by atoms with Gasteiger partial charge in [0.25, 0.3) is 0 Å². The zero-order valence-corrected chi connectivity index (χ0v) is 19.5. The standard InChI is InChI=1S/C22H30F3N5O5/c1-21(2)11-8-30(19(34)14(9-3-4-9)29-20(35)22(23,24)25)15(13(11)21)18(33)28-12(16(26)31)7-10-5-6-27-17(10)32/h9-15H,3-8H2,1-2H3,(H2,26,31)(H,27,32)(H,28,33)(H,29,35)/t10-,11?,12-,13-,14-,15-/m0/s1. The van der Waals surface area contributed by atoms with Gasteiger partial charge in [-0.15, -0.1) is 0 Å². The van der Waals surface area contributed by atoms with Crippen LogP contribution in [0.3, 0.4) is 0 Å². The summed E-state index contributed by atoms with van der Waals surface area (Å²) in [5.41, 5.74) is 5.19. The average molecular weight is 502 g/mol. The summed E-state index contributed by atoms with van der Waals surface area (Å²) in [6, 6.07) is -3.54. The van der Waals surface area contributed by atoms with Crippen LogP contribution in [0.25, 0.3) is 0 Å². The quantitative estimate of drug-likeness (QED) is 0.351. The molecule has 0 bridgehead atoms. The van der Waals surface area contributed by atoms with Crippen molar-refractivity contribution in [2.24, 2.45) is 34.8 Å². The van der Waals surface area contributed by atoms with Crippen LogP contribution in [0.5, 0.6) is 0 Å². The Hall–Kier alpha value is -2.86. The Kier molecular flexibility index (Phi) is 6.25.